The van der Waals surface area contributed by atoms with Gasteiger partial charge < -0.3 is 14.7 Å². The third-order valence-corrected chi connectivity index (χ3v) is 8.36. The van der Waals surface area contributed by atoms with Crippen LogP contribution < -0.4 is 9.04 Å². The quantitative estimate of drug-likeness (QED) is 0.666. The number of rotatable bonds is 4. The standard InChI is InChI=1S/C24H27F3N2O5S/c1-23(2)22(31)21(29-12-5-4-9-20(29)30)18-14-17(10-11-19(18)34-23)35(32,33)28(3)16-8-6-7-15(13-16)24(25,26)27/h6-8,10-11,13-14,21-22,31H,4-5,9,12H2,1-3H3. The van der Waals surface area contributed by atoms with Crippen LogP contribution in [0.4, 0.5) is 18.9 Å². The molecule has 1 saturated heterocycles. The lowest BCUT2D eigenvalue weighted by atomic mass is 9.84. The summed E-state index contributed by atoms with van der Waals surface area (Å²) < 4.78 is 73.0. The van der Waals surface area contributed by atoms with Gasteiger partial charge in [-0.15, -0.1) is 0 Å². The van der Waals surface area contributed by atoms with Crippen molar-refractivity contribution in [1.29, 1.82) is 0 Å². The zero-order valence-corrected chi connectivity index (χ0v) is 20.4. The van der Waals surface area contributed by atoms with Gasteiger partial charge in [0, 0.05) is 25.6 Å². The average molecular weight is 513 g/mol. The molecule has 2 heterocycles. The van der Waals surface area contributed by atoms with Crippen LogP contribution in [0, 0.1) is 0 Å². The minimum atomic E-state index is -4.62. The number of sulfonamides is 1. The summed E-state index contributed by atoms with van der Waals surface area (Å²) >= 11 is 0. The SMILES string of the molecule is CN(c1cccc(C(F)(F)F)c1)S(=O)(=O)c1ccc2c(c1)C(N1CCCCC1=O)C(O)C(C)(C)O2. The lowest BCUT2D eigenvalue weighted by molar-refractivity contribution is -0.147. The van der Waals surface area contributed by atoms with E-state index in [1.807, 2.05) is 0 Å². The number of alkyl halides is 3. The number of benzene rings is 2. The average Bonchev–Trinajstić information content (AvgIpc) is 2.79. The second kappa shape index (κ2) is 8.70. The van der Waals surface area contributed by atoms with E-state index in [1.165, 1.54) is 31.3 Å². The highest BCUT2D eigenvalue weighted by atomic mass is 32.2. The van der Waals surface area contributed by atoms with Crippen LogP contribution in [-0.2, 0) is 21.0 Å². The number of anilines is 1. The van der Waals surface area contributed by atoms with Gasteiger partial charge in [0.15, 0.2) is 0 Å². The van der Waals surface area contributed by atoms with Gasteiger partial charge in [-0.25, -0.2) is 8.42 Å². The number of likely N-dealkylation sites (tertiary alicyclic amines) is 1. The molecule has 190 valence electrons. The molecule has 4 rings (SSSR count). The minimum absolute atomic E-state index is 0.140. The number of hydrogen-bond acceptors (Lipinski definition) is 5. The Morgan fingerprint density at radius 1 is 1.14 bits per heavy atom. The molecule has 0 bridgehead atoms. The van der Waals surface area contributed by atoms with E-state index in [1.54, 1.807) is 18.7 Å². The first-order valence-corrected chi connectivity index (χ1v) is 12.6. The van der Waals surface area contributed by atoms with Gasteiger partial charge >= 0.3 is 6.18 Å². The number of carbonyl (C=O) groups excluding carboxylic acids is 1. The molecule has 1 fully saturated rings. The van der Waals surface area contributed by atoms with Crippen LogP contribution in [0.3, 0.4) is 0 Å². The molecule has 0 spiro atoms. The molecule has 1 amide bonds. The van der Waals surface area contributed by atoms with E-state index in [4.69, 9.17) is 4.74 Å². The molecule has 2 aliphatic rings. The Balaban J connectivity index is 1.77. The maximum atomic E-state index is 13.4. The first kappa shape index (κ1) is 25.3. The number of piperidine rings is 1. The van der Waals surface area contributed by atoms with E-state index in [-0.39, 0.29) is 16.5 Å². The number of aliphatic hydroxyl groups excluding tert-OH is 1. The first-order chi connectivity index (χ1) is 16.2. The molecule has 2 aliphatic heterocycles. The molecule has 2 aromatic carbocycles. The predicted molar refractivity (Wildman–Crippen MR) is 122 cm³/mol. The van der Waals surface area contributed by atoms with E-state index in [0.717, 1.165) is 35.3 Å². The maximum absolute atomic E-state index is 13.4. The molecule has 1 N–H and O–H groups in total. The van der Waals surface area contributed by atoms with E-state index in [2.05, 4.69) is 0 Å². The number of hydrogen-bond donors (Lipinski definition) is 1. The van der Waals surface area contributed by atoms with E-state index in [0.29, 0.717) is 24.3 Å². The summed E-state index contributed by atoms with van der Waals surface area (Å²) in [5.74, 6) is 0.197. The zero-order chi connectivity index (χ0) is 25.8. The molecule has 0 radical (unpaired) electrons. The summed E-state index contributed by atoms with van der Waals surface area (Å²) in [5, 5.41) is 11.1. The zero-order valence-electron chi connectivity index (χ0n) is 19.5. The van der Waals surface area contributed by atoms with Crippen molar-refractivity contribution in [3.63, 3.8) is 0 Å². The monoisotopic (exact) mass is 512 g/mol. The van der Waals surface area contributed by atoms with Crippen molar-refractivity contribution < 1.29 is 36.2 Å². The van der Waals surface area contributed by atoms with Crippen LogP contribution >= 0.6 is 0 Å². The molecule has 0 aromatic heterocycles. The summed E-state index contributed by atoms with van der Waals surface area (Å²) in [7, 11) is -3.11. The van der Waals surface area contributed by atoms with Crippen LogP contribution in [0.1, 0.15) is 50.3 Å². The smallest absolute Gasteiger partial charge is 0.416 e. The van der Waals surface area contributed by atoms with Gasteiger partial charge in [0.1, 0.15) is 17.5 Å². The number of ether oxygens (including phenoxy) is 1. The van der Waals surface area contributed by atoms with Gasteiger partial charge in [0.2, 0.25) is 5.91 Å². The van der Waals surface area contributed by atoms with Gasteiger partial charge in [-0.1, -0.05) is 6.07 Å². The Morgan fingerprint density at radius 3 is 2.51 bits per heavy atom. The van der Waals surface area contributed by atoms with Crippen molar-refractivity contribution in [3.8, 4) is 5.75 Å². The highest BCUT2D eigenvalue weighted by molar-refractivity contribution is 7.92. The van der Waals surface area contributed by atoms with Crippen molar-refractivity contribution in [2.45, 2.75) is 61.9 Å². The molecule has 2 atom stereocenters. The van der Waals surface area contributed by atoms with Gasteiger partial charge in [0.05, 0.1) is 22.2 Å². The Labute approximate surface area is 202 Å². The van der Waals surface area contributed by atoms with Crippen LogP contribution in [0.15, 0.2) is 47.4 Å². The molecule has 0 saturated carbocycles. The number of amides is 1. The van der Waals surface area contributed by atoms with Crippen molar-refractivity contribution in [2.24, 2.45) is 0 Å². The number of fused-ring (bicyclic) bond motifs is 1. The third-order valence-electron chi connectivity index (χ3n) is 6.58. The number of carbonyl (C=O) groups is 1. The molecule has 35 heavy (non-hydrogen) atoms. The fraction of sp³-hybridized carbons (Fsp3) is 0.458. The Morgan fingerprint density at radius 2 is 1.86 bits per heavy atom. The number of halogens is 3. The summed E-state index contributed by atoms with van der Waals surface area (Å²) in [6.45, 7) is 3.79. The van der Waals surface area contributed by atoms with E-state index in [9.17, 15) is 31.5 Å². The molecule has 11 heteroatoms. The summed E-state index contributed by atoms with van der Waals surface area (Å²) in [5.41, 5.74) is -1.82. The maximum Gasteiger partial charge on any atom is 0.416 e. The fourth-order valence-corrected chi connectivity index (χ4v) is 5.76. The second-order valence-corrected chi connectivity index (χ2v) is 11.3. The van der Waals surface area contributed by atoms with Crippen molar-refractivity contribution in [2.75, 3.05) is 17.9 Å². The summed E-state index contributed by atoms with van der Waals surface area (Å²) in [4.78, 5) is 14.1. The van der Waals surface area contributed by atoms with Crippen LogP contribution in [0.2, 0.25) is 0 Å². The van der Waals surface area contributed by atoms with Crippen molar-refractivity contribution in [3.05, 3.63) is 53.6 Å². The minimum Gasteiger partial charge on any atom is -0.485 e. The van der Waals surface area contributed by atoms with Gasteiger partial charge in [-0.3, -0.25) is 9.10 Å². The molecule has 2 aromatic rings. The fourth-order valence-electron chi connectivity index (χ4n) is 4.54. The normalized spacial score (nSPS) is 22.4. The van der Waals surface area contributed by atoms with Gasteiger partial charge in [-0.2, -0.15) is 13.2 Å². The highest BCUT2D eigenvalue weighted by Crippen LogP contribution is 2.45. The molecular weight excluding hydrogens is 485 g/mol. The molecule has 7 nitrogen and oxygen atoms in total. The Kier molecular flexibility index (Phi) is 6.29. The lowest BCUT2D eigenvalue weighted by Crippen LogP contribution is -2.55. The van der Waals surface area contributed by atoms with Crippen molar-refractivity contribution in [1.82, 2.24) is 4.90 Å². The number of aliphatic hydroxyl groups is 1. The predicted octanol–water partition coefficient (Wildman–Crippen LogP) is 4.12. The lowest BCUT2D eigenvalue weighted by Gasteiger charge is -2.47. The van der Waals surface area contributed by atoms with Gasteiger partial charge in [-0.05, 0) is 63.1 Å². The van der Waals surface area contributed by atoms with Crippen molar-refractivity contribution >= 4 is 21.6 Å². The largest absolute Gasteiger partial charge is 0.485 e. The van der Waals surface area contributed by atoms with Gasteiger partial charge in [0.25, 0.3) is 10.0 Å². The summed E-state index contributed by atoms with van der Waals surface area (Å²) in [6, 6.07) is 7.31. The number of nitrogens with zero attached hydrogens (tertiary/aromatic N) is 2. The van der Waals surface area contributed by atoms with Crippen LogP contribution in [0.25, 0.3) is 0 Å². The van der Waals surface area contributed by atoms with Crippen LogP contribution in [0.5, 0.6) is 5.75 Å². The molecular formula is C24H27F3N2O5S. The first-order valence-electron chi connectivity index (χ1n) is 11.2. The topological polar surface area (TPSA) is 87.2 Å². The molecule has 0 aliphatic carbocycles. The highest BCUT2D eigenvalue weighted by Gasteiger charge is 2.47. The Hall–Kier alpha value is -2.79. The molecule has 2 unspecified atom stereocenters. The van der Waals surface area contributed by atoms with E-state index < -0.39 is 39.5 Å². The third kappa shape index (κ3) is 4.58. The van der Waals surface area contributed by atoms with E-state index >= 15 is 0 Å². The van der Waals surface area contributed by atoms with Crippen LogP contribution in [-0.4, -0.2) is 49.6 Å². The second-order valence-electron chi connectivity index (χ2n) is 9.36. The Bertz CT molecular complexity index is 1250. The summed E-state index contributed by atoms with van der Waals surface area (Å²) in [6.07, 6.45) is -3.93.